The monoisotopic (exact) mass is 697 g/mol. The van der Waals surface area contributed by atoms with Crippen LogP contribution in [0.2, 0.25) is 0 Å². The van der Waals surface area contributed by atoms with Crippen LogP contribution in [0.3, 0.4) is 0 Å². The van der Waals surface area contributed by atoms with Crippen LogP contribution in [-0.2, 0) is 11.2 Å². The van der Waals surface area contributed by atoms with Crippen LogP contribution in [0.25, 0.3) is 21.9 Å². The number of nitrogens with one attached hydrogen (secondary N) is 1. The average molecular weight is 698 g/mol. The summed E-state index contributed by atoms with van der Waals surface area (Å²) in [5, 5.41) is 5.18. The molecule has 6 heteroatoms. The molecule has 5 aromatic rings. The van der Waals surface area contributed by atoms with Gasteiger partial charge < -0.3 is 14.8 Å². The van der Waals surface area contributed by atoms with Gasteiger partial charge in [-0.25, -0.2) is 9.59 Å². The Morgan fingerprint density at radius 1 is 0.558 bits per heavy atom. The first kappa shape index (κ1) is 38.0. The van der Waals surface area contributed by atoms with Crippen molar-refractivity contribution in [1.82, 2.24) is 5.32 Å². The zero-order valence-corrected chi connectivity index (χ0v) is 30.4. The maximum atomic E-state index is 12.7. The smallest absolute Gasteiger partial charge is 0.343 e. The number of ether oxygens (including phenoxy) is 2. The maximum absolute atomic E-state index is 12.7. The number of benzene rings is 5. The van der Waals surface area contributed by atoms with E-state index >= 15 is 0 Å². The van der Waals surface area contributed by atoms with Crippen LogP contribution in [0.1, 0.15) is 110 Å². The molecule has 0 bridgehead atoms. The number of hydrogen-bond donors (Lipinski definition) is 1. The summed E-state index contributed by atoms with van der Waals surface area (Å²) in [7, 11) is 0. The second-order valence-corrected chi connectivity index (χ2v) is 13.4. The first-order chi connectivity index (χ1) is 25.5. The molecule has 5 rings (SSSR count). The van der Waals surface area contributed by atoms with Crippen LogP contribution in [0.5, 0.6) is 11.5 Å². The summed E-state index contributed by atoms with van der Waals surface area (Å²) < 4.78 is 11.4. The van der Waals surface area contributed by atoms with E-state index in [9.17, 15) is 14.4 Å². The summed E-state index contributed by atoms with van der Waals surface area (Å²) in [4.78, 5) is 37.3. The third-order valence-electron chi connectivity index (χ3n) is 9.39. The molecule has 0 aliphatic carbocycles. The number of amides is 1. The molecular formula is C46H51NO5. The van der Waals surface area contributed by atoms with Crippen LogP contribution in [-0.4, -0.2) is 24.4 Å². The topological polar surface area (TPSA) is 81.7 Å². The minimum Gasteiger partial charge on any atom is -0.423 e. The van der Waals surface area contributed by atoms with Crippen LogP contribution in [0.15, 0.2) is 115 Å². The highest BCUT2D eigenvalue weighted by Crippen LogP contribution is 2.34. The van der Waals surface area contributed by atoms with Crippen LogP contribution >= 0.6 is 0 Å². The lowest BCUT2D eigenvalue weighted by molar-refractivity contribution is -0.121. The summed E-state index contributed by atoms with van der Waals surface area (Å²) in [5.74, 6) is 0.431. The van der Waals surface area contributed by atoms with Crippen molar-refractivity contribution in [1.29, 1.82) is 0 Å². The van der Waals surface area contributed by atoms with Gasteiger partial charge in [0.15, 0.2) is 0 Å². The molecule has 0 atom stereocenters. The van der Waals surface area contributed by atoms with Gasteiger partial charge in [0.05, 0.1) is 11.1 Å². The molecule has 1 N–H and O–H groups in total. The number of unbranched alkanes of at least 4 members (excludes halogenated alkanes) is 9. The molecule has 0 saturated carbocycles. The summed E-state index contributed by atoms with van der Waals surface area (Å²) in [6, 6.07) is 35.8. The predicted octanol–water partition coefficient (Wildman–Crippen LogP) is 11.3. The van der Waals surface area contributed by atoms with Crippen LogP contribution in [0, 0.1) is 0 Å². The van der Waals surface area contributed by atoms with Crippen molar-refractivity contribution < 1.29 is 23.9 Å². The van der Waals surface area contributed by atoms with Crippen LogP contribution < -0.4 is 14.8 Å². The lowest BCUT2D eigenvalue weighted by Crippen LogP contribution is -2.23. The molecular weight excluding hydrogens is 647 g/mol. The second-order valence-electron chi connectivity index (χ2n) is 13.4. The fourth-order valence-electron chi connectivity index (χ4n) is 6.50. The molecule has 5 aromatic carbocycles. The quantitative estimate of drug-likeness (QED) is 0.0497. The van der Waals surface area contributed by atoms with E-state index in [4.69, 9.17) is 9.47 Å². The Balaban J connectivity index is 1.19. The van der Waals surface area contributed by atoms with Gasteiger partial charge in [-0.3, -0.25) is 4.79 Å². The standard InChI is InChI=1S/C46H51NO5/c1-2-3-18-33-47-44(48)24-17-9-7-5-4-6-8-16-23-43-41(35-25-28-39(29-26-35)51-45(49)36-19-12-10-13-20-36)31-27-38-34-40(30-32-42(38)43)52-46(50)37-21-14-11-15-22-37/h10-15,19-22,25-32,34H,2-9,16-18,23-24,33H2,1H3,(H,47,48). The van der Waals surface area contributed by atoms with Gasteiger partial charge in [0.1, 0.15) is 11.5 Å². The van der Waals surface area contributed by atoms with Gasteiger partial charge in [-0.05, 0) is 102 Å². The molecule has 1 amide bonds. The molecule has 52 heavy (non-hydrogen) atoms. The first-order valence-corrected chi connectivity index (χ1v) is 19.0. The van der Waals surface area contributed by atoms with Crippen LogP contribution in [0.4, 0.5) is 0 Å². The fourth-order valence-corrected chi connectivity index (χ4v) is 6.50. The van der Waals surface area contributed by atoms with E-state index in [1.54, 1.807) is 24.3 Å². The summed E-state index contributed by atoms with van der Waals surface area (Å²) in [5.41, 5.74) is 4.45. The SMILES string of the molecule is CCCCCNC(=O)CCCCCCCCCCc1c(-c2ccc(OC(=O)c3ccccc3)cc2)ccc2cc(OC(=O)c3ccccc3)ccc12. The van der Waals surface area contributed by atoms with E-state index in [0.717, 1.165) is 67.0 Å². The van der Waals surface area contributed by atoms with Crippen molar-refractivity contribution in [3.8, 4) is 22.6 Å². The summed E-state index contributed by atoms with van der Waals surface area (Å²) in [6.07, 6.45) is 14.0. The van der Waals surface area contributed by atoms with E-state index in [-0.39, 0.29) is 17.8 Å². The highest BCUT2D eigenvalue weighted by atomic mass is 16.5. The van der Waals surface area contributed by atoms with Crippen molar-refractivity contribution in [2.75, 3.05) is 6.54 Å². The molecule has 0 saturated heterocycles. The molecule has 0 fully saturated rings. The van der Waals surface area contributed by atoms with E-state index < -0.39 is 0 Å². The number of aryl methyl sites for hydroxylation is 1. The molecule has 0 aliphatic rings. The van der Waals surface area contributed by atoms with Gasteiger partial charge in [0, 0.05) is 13.0 Å². The Kier molecular flexibility index (Phi) is 15.0. The van der Waals surface area contributed by atoms with Crippen molar-refractivity contribution in [3.05, 3.63) is 132 Å². The predicted molar refractivity (Wildman–Crippen MR) is 210 cm³/mol. The number of carbonyl (C=O) groups excluding carboxylic acids is 3. The van der Waals surface area contributed by atoms with Gasteiger partial charge in [-0.15, -0.1) is 0 Å². The van der Waals surface area contributed by atoms with Crippen molar-refractivity contribution in [3.63, 3.8) is 0 Å². The lowest BCUT2D eigenvalue weighted by atomic mass is 9.90. The van der Waals surface area contributed by atoms with Gasteiger partial charge in [-0.2, -0.15) is 0 Å². The molecule has 0 radical (unpaired) electrons. The number of rotatable bonds is 20. The van der Waals surface area contributed by atoms with E-state index in [1.165, 1.54) is 44.1 Å². The summed E-state index contributed by atoms with van der Waals surface area (Å²) in [6.45, 7) is 2.97. The minimum atomic E-state index is -0.385. The molecule has 6 nitrogen and oxygen atoms in total. The Labute approximate surface area is 308 Å². The average Bonchev–Trinajstić information content (AvgIpc) is 3.18. The molecule has 0 aromatic heterocycles. The molecule has 0 unspecified atom stereocenters. The number of esters is 2. The second kappa shape index (κ2) is 20.6. The zero-order valence-electron chi connectivity index (χ0n) is 30.4. The third kappa shape index (κ3) is 11.7. The Bertz CT molecular complexity index is 1870. The van der Waals surface area contributed by atoms with E-state index in [1.807, 2.05) is 72.8 Å². The highest BCUT2D eigenvalue weighted by Gasteiger charge is 2.14. The van der Waals surface area contributed by atoms with E-state index in [2.05, 4.69) is 30.4 Å². The minimum absolute atomic E-state index is 0.191. The Morgan fingerprint density at radius 2 is 1.13 bits per heavy atom. The normalized spacial score (nSPS) is 10.9. The van der Waals surface area contributed by atoms with Gasteiger partial charge >= 0.3 is 11.9 Å². The first-order valence-electron chi connectivity index (χ1n) is 19.0. The fraction of sp³-hybridized carbons (Fsp3) is 0.326. The lowest BCUT2D eigenvalue weighted by Gasteiger charge is -2.15. The maximum Gasteiger partial charge on any atom is 0.343 e. The van der Waals surface area contributed by atoms with Gasteiger partial charge in [0.2, 0.25) is 5.91 Å². The molecule has 0 spiro atoms. The number of hydrogen-bond acceptors (Lipinski definition) is 5. The van der Waals surface area contributed by atoms with Crippen molar-refractivity contribution >= 4 is 28.6 Å². The van der Waals surface area contributed by atoms with E-state index in [0.29, 0.717) is 29.0 Å². The Hall–Kier alpha value is -5.23. The largest absolute Gasteiger partial charge is 0.423 e. The highest BCUT2D eigenvalue weighted by molar-refractivity contribution is 5.95. The molecule has 270 valence electrons. The summed E-state index contributed by atoms with van der Waals surface area (Å²) >= 11 is 0. The van der Waals surface area contributed by atoms with Gasteiger partial charge in [-0.1, -0.05) is 125 Å². The number of carbonyl (C=O) groups is 3. The zero-order chi connectivity index (χ0) is 36.4. The Morgan fingerprint density at radius 3 is 1.77 bits per heavy atom. The number of fused-ring (bicyclic) bond motifs is 1. The van der Waals surface area contributed by atoms with Crippen molar-refractivity contribution in [2.45, 2.75) is 90.4 Å². The van der Waals surface area contributed by atoms with Gasteiger partial charge in [0.25, 0.3) is 0 Å². The van der Waals surface area contributed by atoms with Crippen molar-refractivity contribution in [2.24, 2.45) is 0 Å². The molecule has 0 heterocycles. The third-order valence-corrected chi connectivity index (χ3v) is 9.39. The molecule has 0 aliphatic heterocycles.